The molecule has 3 heteroatoms. The van der Waals surface area contributed by atoms with E-state index >= 15 is 0 Å². The summed E-state index contributed by atoms with van der Waals surface area (Å²) in [4.78, 5) is 0. The number of hydrogen-bond acceptors (Lipinski definition) is 1. The molecule has 82 valence electrons. The molecule has 0 fully saturated rings. The zero-order valence-corrected chi connectivity index (χ0v) is 10.3. The van der Waals surface area contributed by atoms with Crippen LogP contribution >= 0.6 is 23.2 Å². The molecule has 2 rings (SSSR count). The van der Waals surface area contributed by atoms with E-state index in [1.807, 2.05) is 49.4 Å². The maximum atomic E-state index is 6.04. The van der Waals surface area contributed by atoms with Gasteiger partial charge in [0.1, 0.15) is 0 Å². The normalized spacial score (nSPS) is 10.2. The van der Waals surface area contributed by atoms with Gasteiger partial charge in [0.05, 0.1) is 0 Å². The van der Waals surface area contributed by atoms with Crippen molar-refractivity contribution in [3.8, 4) is 0 Å². The van der Waals surface area contributed by atoms with Crippen LogP contribution in [0.25, 0.3) is 0 Å². The van der Waals surface area contributed by atoms with E-state index in [1.54, 1.807) is 0 Å². The molecular formula is C13H11Cl2N. The van der Waals surface area contributed by atoms with E-state index < -0.39 is 0 Å². The van der Waals surface area contributed by atoms with Gasteiger partial charge in [-0.1, -0.05) is 29.3 Å². The molecule has 0 amide bonds. The molecule has 0 atom stereocenters. The van der Waals surface area contributed by atoms with Crippen molar-refractivity contribution < 1.29 is 0 Å². The van der Waals surface area contributed by atoms with Gasteiger partial charge in [0.2, 0.25) is 0 Å². The van der Waals surface area contributed by atoms with Crippen LogP contribution in [0.1, 0.15) is 5.56 Å². The molecule has 0 saturated heterocycles. The summed E-state index contributed by atoms with van der Waals surface area (Å²) in [6, 6.07) is 13.4. The molecule has 0 aliphatic rings. The lowest BCUT2D eigenvalue weighted by atomic mass is 10.2. The molecule has 0 aromatic heterocycles. The molecule has 0 saturated carbocycles. The smallest absolute Gasteiger partial charge is 0.0455 e. The number of hydrogen-bond donors (Lipinski definition) is 1. The Morgan fingerprint density at radius 1 is 0.875 bits per heavy atom. The highest BCUT2D eigenvalue weighted by Crippen LogP contribution is 2.23. The third kappa shape index (κ3) is 2.69. The van der Waals surface area contributed by atoms with Gasteiger partial charge in [0, 0.05) is 21.4 Å². The fraction of sp³-hybridized carbons (Fsp3) is 0.0769. The van der Waals surface area contributed by atoms with E-state index in [1.165, 1.54) is 0 Å². The monoisotopic (exact) mass is 251 g/mol. The van der Waals surface area contributed by atoms with Crippen LogP contribution < -0.4 is 5.32 Å². The molecule has 0 aliphatic heterocycles. The molecule has 1 nitrogen and oxygen atoms in total. The van der Waals surface area contributed by atoms with Crippen molar-refractivity contribution in [3.05, 3.63) is 58.1 Å². The number of rotatable bonds is 2. The molecule has 0 bridgehead atoms. The number of aryl methyl sites for hydroxylation is 1. The zero-order valence-electron chi connectivity index (χ0n) is 8.80. The first-order chi connectivity index (χ1) is 7.65. The van der Waals surface area contributed by atoms with Crippen LogP contribution in [0.5, 0.6) is 0 Å². The molecule has 2 aromatic rings. The van der Waals surface area contributed by atoms with Crippen LogP contribution in [-0.2, 0) is 0 Å². The molecule has 1 N–H and O–H groups in total. The van der Waals surface area contributed by atoms with Gasteiger partial charge < -0.3 is 5.32 Å². The van der Waals surface area contributed by atoms with Gasteiger partial charge in [-0.2, -0.15) is 0 Å². The van der Waals surface area contributed by atoms with E-state index in [2.05, 4.69) is 5.32 Å². The molecule has 0 unspecified atom stereocenters. The number of benzene rings is 2. The Bertz CT molecular complexity index is 492. The highest BCUT2D eigenvalue weighted by atomic mass is 35.5. The summed E-state index contributed by atoms with van der Waals surface area (Å²) in [5.41, 5.74) is 3.03. The van der Waals surface area contributed by atoms with Crippen molar-refractivity contribution >= 4 is 34.6 Å². The van der Waals surface area contributed by atoms with Crippen molar-refractivity contribution in [1.82, 2.24) is 0 Å². The largest absolute Gasteiger partial charge is 0.355 e. The Labute approximate surface area is 105 Å². The lowest BCUT2D eigenvalue weighted by Gasteiger charge is -2.07. The Morgan fingerprint density at radius 2 is 1.50 bits per heavy atom. The predicted octanol–water partition coefficient (Wildman–Crippen LogP) is 5.05. The van der Waals surface area contributed by atoms with Crippen LogP contribution in [0.3, 0.4) is 0 Å². The number of anilines is 2. The Balaban J connectivity index is 2.20. The highest BCUT2D eigenvalue weighted by molar-refractivity contribution is 6.31. The second kappa shape index (κ2) is 4.77. The number of halogens is 2. The topological polar surface area (TPSA) is 12.0 Å². The van der Waals surface area contributed by atoms with Crippen LogP contribution in [0, 0.1) is 6.92 Å². The van der Waals surface area contributed by atoms with E-state index in [4.69, 9.17) is 23.2 Å². The number of nitrogens with one attached hydrogen (secondary N) is 1. The van der Waals surface area contributed by atoms with Gasteiger partial charge in [-0.05, 0) is 48.9 Å². The van der Waals surface area contributed by atoms with E-state index in [0.29, 0.717) is 0 Å². The average molecular weight is 252 g/mol. The van der Waals surface area contributed by atoms with E-state index in [-0.39, 0.29) is 0 Å². The minimum atomic E-state index is 0.729. The van der Waals surface area contributed by atoms with Crippen LogP contribution in [0.4, 0.5) is 11.4 Å². The van der Waals surface area contributed by atoms with Crippen LogP contribution in [-0.4, -0.2) is 0 Å². The third-order valence-electron chi connectivity index (χ3n) is 2.30. The van der Waals surface area contributed by atoms with Crippen molar-refractivity contribution in [3.63, 3.8) is 0 Å². The minimum absolute atomic E-state index is 0.729. The molecule has 16 heavy (non-hydrogen) atoms. The molecule has 0 heterocycles. The van der Waals surface area contributed by atoms with Gasteiger partial charge in [0.15, 0.2) is 0 Å². The van der Waals surface area contributed by atoms with Crippen molar-refractivity contribution in [1.29, 1.82) is 0 Å². The third-order valence-corrected chi connectivity index (χ3v) is 2.96. The van der Waals surface area contributed by atoms with Gasteiger partial charge >= 0.3 is 0 Å². The lowest BCUT2D eigenvalue weighted by Crippen LogP contribution is -1.90. The lowest BCUT2D eigenvalue weighted by molar-refractivity contribution is 1.45. The van der Waals surface area contributed by atoms with Crippen molar-refractivity contribution in [2.45, 2.75) is 6.92 Å². The standard InChI is InChI=1S/C13H11Cl2N/c1-9-2-5-12(8-13(9)15)16-11-6-3-10(14)4-7-11/h2-8,16H,1H3. The second-order valence-electron chi connectivity index (χ2n) is 3.60. The summed E-state index contributed by atoms with van der Waals surface area (Å²) in [5.74, 6) is 0. The summed E-state index contributed by atoms with van der Waals surface area (Å²) in [7, 11) is 0. The van der Waals surface area contributed by atoms with Crippen LogP contribution in [0.15, 0.2) is 42.5 Å². The Kier molecular flexibility index (Phi) is 3.37. The summed E-state index contributed by atoms with van der Waals surface area (Å²) < 4.78 is 0. The molecule has 2 aromatic carbocycles. The quantitative estimate of drug-likeness (QED) is 0.788. The van der Waals surface area contributed by atoms with Crippen molar-refractivity contribution in [2.24, 2.45) is 0 Å². The van der Waals surface area contributed by atoms with Gasteiger partial charge in [-0.25, -0.2) is 0 Å². The van der Waals surface area contributed by atoms with Crippen LogP contribution in [0.2, 0.25) is 10.0 Å². The first-order valence-electron chi connectivity index (χ1n) is 4.94. The van der Waals surface area contributed by atoms with Gasteiger partial charge in [-0.3, -0.25) is 0 Å². The first-order valence-corrected chi connectivity index (χ1v) is 5.69. The molecule has 0 spiro atoms. The van der Waals surface area contributed by atoms with Gasteiger partial charge in [-0.15, -0.1) is 0 Å². The summed E-state index contributed by atoms with van der Waals surface area (Å²) in [6.07, 6.45) is 0. The SMILES string of the molecule is Cc1ccc(Nc2ccc(Cl)cc2)cc1Cl. The Morgan fingerprint density at radius 3 is 2.12 bits per heavy atom. The molecule has 0 aliphatic carbocycles. The maximum Gasteiger partial charge on any atom is 0.0455 e. The van der Waals surface area contributed by atoms with Crippen molar-refractivity contribution in [2.75, 3.05) is 5.32 Å². The fourth-order valence-electron chi connectivity index (χ4n) is 1.37. The fourth-order valence-corrected chi connectivity index (χ4v) is 1.68. The summed E-state index contributed by atoms with van der Waals surface area (Å²) in [6.45, 7) is 1.98. The summed E-state index contributed by atoms with van der Waals surface area (Å²) >= 11 is 11.9. The average Bonchev–Trinajstić information content (AvgIpc) is 2.27. The first kappa shape index (κ1) is 11.3. The Hall–Kier alpha value is -1.18. The molecular weight excluding hydrogens is 241 g/mol. The highest BCUT2D eigenvalue weighted by Gasteiger charge is 1.98. The summed E-state index contributed by atoms with van der Waals surface area (Å²) in [5, 5.41) is 4.75. The second-order valence-corrected chi connectivity index (χ2v) is 4.44. The zero-order chi connectivity index (χ0) is 11.5. The predicted molar refractivity (Wildman–Crippen MR) is 70.9 cm³/mol. The van der Waals surface area contributed by atoms with E-state index in [0.717, 1.165) is 27.0 Å². The minimum Gasteiger partial charge on any atom is -0.355 e. The maximum absolute atomic E-state index is 6.04. The molecule has 0 radical (unpaired) electrons. The van der Waals surface area contributed by atoms with Gasteiger partial charge in [0.25, 0.3) is 0 Å². The van der Waals surface area contributed by atoms with E-state index in [9.17, 15) is 0 Å².